The number of esters is 1. The molecule has 1 N–H and O–H groups in total. The number of anilines is 1. The minimum atomic E-state index is -0.275. The molecule has 0 unspecified atom stereocenters. The van der Waals surface area contributed by atoms with Crippen LogP contribution in [0.2, 0.25) is 0 Å². The van der Waals surface area contributed by atoms with Crippen LogP contribution in [0.5, 0.6) is 0 Å². The van der Waals surface area contributed by atoms with Crippen molar-refractivity contribution in [2.24, 2.45) is 0 Å². The Morgan fingerprint density at radius 1 is 1.58 bits per heavy atom. The number of ether oxygens (including phenoxy) is 1. The van der Waals surface area contributed by atoms with E-state index in [-0.39, 0.29) is 11.7 Å². The lowest BCUT2D eigenvalue weighted by Crippen LogP contribution is -2.06. The topological polar surface area (TPSA) is 68.5 Å². The Morgan fingerprint density at radius 3 is 3.16 bits per heavy atom. The lowest BCUT2D eigenvalue weighted by molar-refractivity contribution is -0.137. The van der Waals surface area contributed by atoms with Crippen LogP contribution in [0, 0.1) is 0 Å². The summed E-state index contributed by atoms with van der Waals surface area (Å²) in [6.07, 6.45) is 6.48. The molecule has 0 spiro atoms. The maximum atomic E-state index is 11.2. The van der Waals surface area contributed by atoms with Gasteiger partial charge in [-0.25, -0.2) is 9.97 Å². The lowest BCUT2D eigenvalue weighted by Gasteiger charge is -2.08. The summed E-state index contributed by atoms with van der Waals surface area (Å²) < 4.78 is 6.52. The van der Waals surface area contributed by atoms with E-state index in [4.69, 9.17) is 0 Å². The van der Waals surface area contributed by atoms with Gasteiger partial charge in [0, 0.05) is 18.9 Å². The molecule has 0 aliphatic heterocycles. The Morgan fingerprint density at radius 2 is 2.42 bits per heavy atom. The molecule has 0 aliphatic carbocycles. The van der Waals surface area contributed by atoms with Crippen LogP contribution in [0.25, 0.3) is 5.65 Å². The van der Waals surface area contributed by atoms with Gasteiger partial charge in [0.1, 0.15) is 10.8 Å². The predicted molar refractivity (Wildman–Crippen MR) is 74.5 cm³/mol. The largest absolute Gasteiger partial charge is 0.468 e. The Hall–Kier alpha value is -1.76. The summed E-state index contributed by atoms with van der Waals surface area (Å²) in [6.45, 7) is 2.95. The molecular formula is C12H16N4O2S. The van der Waals surface area contributed by atoms with E-state index in [2.05, 4.69) is 26.9 Å². The van der Waals surface area contributed by atoms with Gasteiger partial charge in [0.25, 0.3) is 0 Å². The molecule has 2 rings (SSSR count). The van der Waals surface area contributed by atoms with Crippen molar-refractivity contribution >= 4 is 29.2 Å². The molecule has 7 heteroatoms. The summed E-state index contributed by atoms with van der Waals surface area (Å²) in [4.78, 5) is 19.9. The van der Waals surface area contributed by atoms with Crippen LogP contribution < -0.4 is 5.32 Å². The number of carbonyl (C=O) groups excluding carboxylic acids is 1. The molecule has 0 aromatic carbocycles. The molecule has 0 fully saturated rings. The molecule has 2 heterocycles. The number of nitrogens with one attached hydrogen (secondary N) is 1. The zero-order valence-electron chi connectivity index (χ0n) is 10.9. The molecule has 0 saturated carbocycles. The van der Waals surface area contributed by atoms with E-state index in [1.807, 2.05) is 16.8 Å². The fourth-order valence-corrected chi connectivity index (χ4v) is 2.35. The predicted octanol–water partition coefficient (Wildman–Crippen LogP) is 1.82. The van der Waals surface area contributed by atoms with Crippen LogP contribution in [0.1, 0.15) is 13.3 Å². The molecule has 102 valence electrons. The number of fused-ring (bicyclic) bond motifs is 1. The van der Waals surface area contributed by atoms with Crippen LogP contribution in [-0.2, 0) is 9.53 Å². The first-order valence-corrected chi connectivity index (χ1v) is 7.00. The number of imidazole rings is 1. The number of hydrogen-bond acceptors (Lipinski definition) is 6. The van der Waals surface area contributed by atoms with E-state index < -0.39 is 0 Å². The van der Waals surface area contributed by atoms with Gasteiger partial charge in [-0.15, -0.1) is 0 Å². The number of rotatable bonds is 6. The summed E-state index contributed by atoms with van der Waals surface area (Å²) in [6, 6.07) is 0. The first-order chi connectivity index (χ1) is 9.24. The summed E-state index contributed by atoms with van der Waals surface area (Å²) in [5, 5.41) is 3.95. The van der Waals surface area contributed by atoms with E-state index in [1.165, 1.54) is 18.9 Å². The third-order valence-corrected chi connectivity index (χ3v) is 3.38. The van der Waals surface area contributed by atoms with Gasteiger partial charge >= 0.3 is 5.97 Å². The monoisotopic (exact) mass is 280 g/mol. The third-order valence-electron chi connectivity index (χ3n) is 2.45. The van der Waals surface area contributed by atoms with Crippen molar-refractivity contribution in [1.82, 2.24) is 14.4 Å². The number of methoxy groups -OCH3 is 1. The van der Waals surface area contributed by atoms with Gasteiger partial charge in [0.2, 0.25) is 0 Å². The second-order valence-corrected chi connectivity index (χ2v) is 4.85. The Balaban J connectivity index is 2.23. The van der Waals surface area contributed by atoms with Gasteiger partial charge in [-0.3, -0.25) is 4.79 Å². The normalized spacial score (nSPS) is 10.6. The van der Waals surface area contributed by atoms with Gasteiger partial charge in [-0.1, -0.05) is 18.7 Å². The second-order valence-electron chi connectivity index (χ2n) is 3.88. The highest BCUT2D eigenvalue weighted by Crippen LogP contribution is 2.22. The minimum absolute atomic E-state index is 0.225. The van der Waals surface area contributed by atoms with Gasteiger partial charge < -0.3 is 14.5 Å². The lowest BCUT2D eigenvalue weighted by atomic mass is 10.5. The maximum absolute atomic E-state index is 11.2. The molecule has 0 radical (unpaired) electrons. The second kappa shape index (κ2) is 6.42. The van der Waals surface area contributed by atoms with Crippen molar-refractivity contribution in [1.29, 1.82) is 0 Å². The van der Waals surface area contributed by atoms with Crippen molar-refractivity contribution in [2.75, 3.05) is 24.7 Å². The summed E-state index contributed by atoms with van der Waals surface area (Å²) >= 11 is 1.33. The van der Waals surface area contributed by atoms with E-state index in [0.29, 0.717) is 0 Å². The zero-order valence-corrected chi connectivity index (χ0v) is 11.7. The number of nitrogens with zero attached hydrogens (tertiary/aromatic N) is 3. The number of aromatic nitrogens is 3. The fourth-order valence-electron chi connectivity index (χ4n) is 1.52. The number of hydrogen-bond donors (Lipinski definition) is 1. The maximum Gasteiger partial charge on any atom is 0.316 e. The highest BCUT2D eigenvalue weighted by Gasteiger charge is 2.10. The summed E-state index contributed by atoms with van der Waals surface area (Å²) in [5.74, 6) is 0.728. The molecule has 6 nitrogen and oxygen atoms in total. The molecule has 0 atom stereocenters. The van der Waals surface area contributed by atoms with Crippen molar-refractivity contribution in [3.05, 3.63) is 18.6 Å². The van der Waals surface area contributed by atoms with Crippen LogP contribution in [0.15, 0.2) is 23.6 Å². The van der Waals surface area contributed by atoms with Gasteiger partial charge in [-0.2, -0.15) is 0 Å². The van der Waals surface area contributed by atoms with Crippen molar-refractivity contribution < 1.29 is 9.53 Å². The molecule has 2 aromatic rings. The molecule has 0 bridgehead atoms. The first-order valence-electron chi connectivity index (χ1n) is 6.01. The van der Waals surface area contributed by atoms with Crippen LogP contribution in [0.3, 0.4) is 0 Å². The van der Waals surface area contributed by atoms with E-state index in [1.54, 1.807) is 6.20 Å². The average molecular weight is 280 g/mol. The molecule has 0 amide bonds. The Kier molecular flexibility index (Phi) is 4.62. The fraction of sp³-hybridized carbons (Fsp3) is 0.417. The van der Waals surface area contributed by atoms with Crippen molar-refractivity contribution in [2.45, 2.75) is 18.4 Å². The summed E-state index contributed by atoms with van der Waals surface area (Å²) in [5.41, 5.74) is 0.746. The molecule has 0 aliphatic rings. The minimum Gasteiger partial charge on any atom is -0.468 e. The van der Waals surface area contributed by atoms with Crippen molar-refractivity contribution in [3.63, 3.8) is 0 Å². The Labute approximate surface area is 115 Å². The smallest absolute Gasteiger partial charge is 0.316 e. The number of thioether (sulfide) groups is 1. The average Bonchev–Trinajstić information content (AvgIpc) is 2.90. The highest BCUT2D eigenvalue weighted by molar-refractivity contribution is 8.00. The van der Waals surface area contributed by atoms with Crippen LogP contribution in [-0.4, -0.2) is 39.7 Å². The quantitative estimate of drug-likeness (QED) is 0.643. The highest BCUT2D eigenvalue weighted by atomic mass is 32.2. The molecule has 0 saturated heterocycles. The molecular weight excluding hydrogens is 264 g/mol. The summed E-state index contributed by atoms with van der Waals surface area (Å²) in [7, 11) is 1.38. The Bertz CT molecular complexity index is 570. The van der Waals surface area contributed by atoms with Gasteiger partial charge in [0.15, 0.2) is 5.65 Å². The van der Waals surface area contributed by atoms with Crippen molar-refractivity contribution in [3.8, 4) is 0 Å². The van der Waals surface area contributed by atoms with Gasteiger partial charge in [0.05, 0.1) is 19.1 Å². The standard InChI is InChI=1S/C12H16N4O2S/c1-3-4-13-9-7-16-6-5-14-11(16)12(15-9)19-8-10(17)18-2/h5-7,13H,3-4,8H2,1-2H3. The molecule has 2 aromatic heterocycles. The van der Waals surface area contributed by atoms with Gasteiger partial charge in [-0.05, 0) is 6.42 Å². The van der Waals surface area contributed by atoms with E-state index >= 15 is 0 Å². The third kappa shape index (κ3) is 3.37. The number of carbonyl (C=O) groups is 1. The molecule has 19 heavy (non-hydrogen) atoms. The SMILES string of the molecule is CCCNc1cn2ccnc2c(SCC(=O)OC)n1. The zero-order chi connectivity index (χ0) is 13.7. The van der Waals surface area contributed by atoms with E-state index in [9.17, 15) is 4.79 Å². The van der Waals surface area contributed by atoms with Crippen LogP contribution >= 0.6 is 11.8 Å². The van der Waals surface area contributed by atoms with Crippen LogP contribution in [0.4, 0.5) is 5.82 Å². The van der Waals surface area contributed by atoms with E-state index in [0.717, 1.165) is 29.5 Å². The first kappa shape index (κ1) is 13.7.